The van der Waals surface area contributed by atoms with Gasteiger partial charge in [0, 0.05) is 11.6 Å². The molecule has 0 heterocycles. The number of benzene rings is 2. The van der Waals surface area contributed by atoms with Gasteiger partial charge in [-0.25, -0.2) is 4.79 Å². The number of Topliss-reactive ketones (excluding diaryl/α,β-unsaturated/α-hetero) is 1. The standard InChI is InChI=1S/C19H20O5/c1-3-19(21)24-11-9-22-8-10-23-18-7-6-16-12-15(14(2)20)4-5-17(16)13-18/h3-7,12-13H,1,8-11H2,2H3. The fourth-order valence-electron chi connectivity index (χ4n) is 2.11. The molecule has 2 aromatic rings. The molecule has 0 saturated heterocycles. The van der Waals surface area contributed by atoms with Crippen molar-refractivity contribution >= 4 is 22.5 Å². The molecular formula is C19H20O5. The molecule has 0 N–H and O–H groups in total. The second kappa shape index (κ2) is 8.84. The maximum absolute atomic E-state index is 11.4. The van der Waals surface area contributed by atoms with E-state index in [0.29, 0.717) is 25.4 Å². The summed E-state index contributed by atoms with van der Waals surface area (Å²) in [4.78, 5) is 22.2. The maximum Gasteiger partial charge on any atom is 0.330 e. The molecule has 24 heavy (non-hydrogen) atoms. The van der Waals surface area contributed by atoms with E-state index >= 15 is 0 Å². The van der Waals surface area contributed by atoms with Crippen LogP contribution in [0.25, 0.3) is 10.8 Å². The third kappa shape index (κ3) is 5.21. The number of esters is 1. The van der Waals surface area contributed by atoms with Gasteiger partial charge in [0.15, 0.2) is 5.78 Å². The number of carbonyl (C=O) groups is 2. The van der Waals surface area contributed by atoms with Crippen LogP contribution in [0.3, 0.4) is 0 Å². The highest BCUT2D eigenvalue weighted by Crippen LogP contribution is 2.22. The number of ketones is 1. The predicted molar refractivity (Wildman–Crippen MR) is 91.4 cm³/mol. The maximum atomic E-state index is 11.4. The fourth-order valence-corrected chi connectivity index (χ4v) is 2.11. The minimum atomic E-state index is -0.459. The molecule has 0 amide bonds. The minimum Gasteiger partial charge on any atom is -0.491 e. The highest BCUT2D eigenvalue weighted by atomic mass is 16.6. The van der Waals surface area contributed by atoms with Crippen LogP contribution in [-0.2, 0) is 14.3 Å². The lowest BCUT2D eigenvalue weighted by molar-refractivity contribution is -0.139. The third-order valence-electron chi connectivity index (χ3n) is 3.35. The molecule has 0 aliphatic rings. The molecule has 5 heteroatoms. The van der Waals surface area contributed by atoms with E-state index in [9.17, 15) is 9.59 Å². The summed E-state index contributed by atoms with van der Waals surface area (Å²) in [6.45, 7) is 6.16. The smallest absolute Gasteiger partial charge is 0.330 e. The molecular weight excluding hydrogens is 308 g/mol. The minimum absolute atomic E-state index is 0.0492. The molecule has 0 saturated carbocycles. The molecule has 0 radical (unpaired) electrons. The van der Waals surface area contributed by atoms with Crippen molar-refractivity contribution in [3.05, 3.63) is 54.6 Å². The van der Waals surface area contributed by atoms with Crippen molar-refractivity contribution in [2.75, 3.05) is 26.4 Å². The molecule has 0 aliphatic heterocycles. The Bertz CT molecular complexity index is 736. The zero-order chi connectivity index (χ0) is 17.4. The molecule has 0 bridgehead atoms. The summed E-state index contributed by atoms with van der Waals surface area (Å²) < 4.78 is 15.7. The van der Waals surface area contributed by atoms with Crippen molar-refractivity contribution in [1.29, 1.82) is 0 Å². The Kier molecular flexibility index (Phi) is 6.51. The molecule has 0 atom stereocenters. The topological polar surface area (TPSA) is 61.8 Å². The molecule has 126 valence electrons. The first kappa shape index (κ1) is 17.7. The Morgan fingerprint density at radius 1 is 1.00 bits per heavy atom. The average molecular weight is 328 g/mol. The number of hydrogen-bond acceptors (Lipinski definition) is 5. The zero-order valence-corrected chi connectivity index (χ0v) is 13.6. The van der Waals surface area contributed by atoms with Crippen molar-refractivity contribution in [3.8, 4) is 5.75 Å². The quantitative estimate of drug-likeness (QED) is 0.306. The highest BCUT2D eigenvalue weighted by Gasteiger charge is 2.03. The van der Waals surface area contributed by atoms with E-state index in [1.54, 1.807) is 6.92 Å². The van der Waals surface area contributed by atoms with Crippen LogP contribution in [-0.4, -0.2) is 38.2 Å². The van der Waals surface area contributed by atoms with Crippen LogP contribution in [0.15, 0.2) is 49.1 Å². The van der Waals surface area contributed by atoms with Crippen LogP contribution in [0.4, 0.5) is 0 Å². The first-order valence-corrected chi connectivity index (χ1v) is 7.64. The zero-order valence-electron chi connectivity index (χ0n) is 13.6. The van der Waals surface area contributed by atoms with Crippen molar-refractivity contribution in [1.82, 2.24) is 0 Å². The first-order chi connectivity index (χ1) is 11.6. The third-order valence-corrected chi connectivity index (χ3v) is 3.35. The van der Waals surface area contributed by atoms with Crippen LogP contribution < -0.4 is 4.74 Å². The number of ether oxygens (including phenoxy) is 3. The summed E-state index contributed by atoms with van der Waals surface area (Å²) in [7, 11) is 0. The molecule has 0 unspecified atom stereocenters. The van der Waals surface area contributed by atoms with E-state index in [2.05, 4.69) is 6.58 Å². The highest BCUT2D eigenvalue weighted by molar-refractivity contribution is 5.98. The normalized spacial score (nSPS) is 10.4. The Hall–Kier alpha value is -2.66. The van der Waals surface area contributed by atoms with Gasteiger partial charge in [-0.05, 0) is 35.9 Å². The largest absolute Gasteiger partial charge is 0.491 e. The summed E-state index contributed by atoms with van der Waals surface area (Å²) >= 11 is 0. The van der Waals surface area contributed by atoms with Crippen molar-refractivity contribution < 1.29 is 23.8 Å². The van der Waals surface area contributed by atoms with Crippen LogP contribution in [0, 0.1) is 0 Å². The van der Waals surface area contributed by atoms with Gasteiger partial charge in [0.05, 0.1) is 13.2 Å². The van der Waals surface area contributed by atoms with E-state index in [-0.39, 0.29) is 12.4 Å². The second-order valence-corrected chi connectivity index (χ2v) is 5.11. The summed E-state index contributed by atoms with van der Waals surface area (Å²) in [6.07, 6.45) is 1.11. The molecule has 0 aliphatic carbocycles. The number of rotatable bonds is 9. The SMILES string of the molecule is C=CC(=O)OCCOCCOc1ccc2cc(C(C)=O)ccc2c1. The molecule has 0 aromatic heterocycles. The van der Waals surface area contributed by atoms with E-state index < -0.39 is 5.97 Å². The van der Waals surface area contributed by atoms with Gasteiger partial charge in [-0.2, -0.15) is 0 Å². The van der Waals surface area contributed by atoms with Gasteiger partial charge in [0.1, 0.15) is 19.0 Å². The van der Waals surface area contributed by atoms with Crippen LogP contribution >= 0.6 is 0 Å². The number of fused-ring (bicyclic) bond motifs is 1. The van der Waals surface area contributed by atoms with Gasteiger partial charge in [-0.3, -0.25) is 4.79 Å². The van der Waals surface area contributed by atoms with Crippen LogP contribution in [0.2, 0.25) is 0 Å². The Balaban J connectivity index is 1.77. The molecule has 0 fully saturated rings. The molecule has 2 aromatic carbocycles. The monoisotopic (exact) mass is 328 g/mol. The van der Waals surface area contributed by atoms with Crippen molar-refractivity contribution in [2.45, 2.75) is 6.92 Å². The summed E-state index contributed by atoms with van der Waals surface area (Å²) in [6, 6.07) is 11.3. The van der Waals surface area contributed by atoms with Crippen molar-refractivity contribution in [3.63, 3.8) is 0 Å². The van der Waals surface area contributed by atoms with Gasteiger partial charge in [-0.15, -0.1) is 0 Å². The van der Waals surface area contributed by atoms with E-state index in [4.69, 9.17) is 14.2 Å². The summed E-state index contributed by atoms with van der Waals surface area (Å²) in [5, 5.41) is 2.00. The number of carbonyl (C=O) groups excluding carboxylic acids is 2. The number of hydrogen-bond donors (Lipinski definition) is 0. The van der Waals surface area contributed by atoms with Crippen LogP contribution in [0.1, 0.15) is 17.3 Å². The van der Waals surface area contributed by atoms with Gasteiger partial charge in [0.25, 0.3) is 0 Å². The fraction of sp³-hybridized carbons (Fsp3) is 0.263. The first-order valence-electron chi connectivity index (χ1n) is 7.64. The Morgan fingerprint density at radius 3 is 2.46 bits per heavy atom. The van der Waals surface area contributed by atoms with E-state index in [1.165, 1.54) is 0 Å². The van der Waals surface area contributed by atoms with Gasteiger partial charge in [-0.1, -0.05) is 24.8 Å². The van der Waals surface area contributed by atoms with E-state index in [1.807, 2.05) is 36.4 Å². The predicted octanol–water partition coefficient (Wildman–Crippen LogP) is 3.17. The lowest BCUT2D eigenvalue weighted by Gasteiger charge is -2.09. The Morgan fingerprint density at radius 2 is 1.71 bits per heavy atom. The molecule has 5 nitrogen and oxygen atoms in total. The van der Waals surface area contributed by atoms with Gasteiger partial charge < -0.3 is 14.2 Å². The molecule has 0 spiro atoms. The van der Waals surface area contributed by atoms with Crippen LogP contribution in [0.5, 0.6) is 5.75 Å². The van der Waals surface area contributed by atoms with Gasteiger partial charge >= 0.3 is 5.97 Å². The summed E-state index contributed by atoms with van der Waals surface area (Å²) in [5.74, 6) is 0.326. The van der Waals surface area contributed by atoms with Gasteiger partial charge in [0.2, 0.25) is 0 Å². The summed E-state index contributed by atoms with van der Waals surface area (Å²) in [5.41, 5.74) is 0.696. The average Bonchev–Trinajstić information content (AvgIpc) is 2.59. The Labute approximate surface area is 140 Å². The van der Waals surface area contributed by atoms with E-state index in [0.717, 1.165) is 22.6 Å². The second-order valence-electron chi connectivity index (χ2n) is 5.11. The molecule has 2 rings (SSSR count). The lowest BCUT2D eigenvalue weighted by atomic mass is 10.0. The lowest BCUT2D eigenvalue weighted by Crippen LogP contribution is -2.12. The van der Waals surface area contributed by atoms with Crippen molar-refractivity contribution in [2.24, 2.45) is 0 Å².